The number of aromatic hydroxyl groups is 1. The van der Waals surface area contributed by atoms with Crippen LogP contribution in [0.15, 0.2) is 16.6 Å². The number of nitrogens with zero attached hydrogens (tertiary/aromatic N) is 1. The summed E-state index contributed by atoms with van der Waals surface area (Å²) in [5.74, 6) is -0.315. The van der Waals surface area contributed by atoms with E-state index in [1.165, 1.54) is 12.1 Å². The number of nitrogens with two attached hydrogens (primary N) is 1. The molecule has 0 aliphatic heterocycles. The van der Waals surface area contributed by atoms with Crippen LogP contribution < -0.4 is 5.73 Å². The molecule has 0 amide bonds. The summed E-state index contributed by atoms with van der Waals surface area (Å²) in [6.07, 6.45) is -0.898. The number of non-ortho nitro benzene ring substituents is 1. The Morgan fingerprint density at radius 2 is 1.95 bits per heavy atom. The predicted molar refractivity (Wildman–Crippen MR) is 77.5 cm³/mol. The quantitative estimate of drug-likeness (QED) is 0.568. The second-order valence-electron chi connectivity index (χ2n) is 4.38. The lowest BCUT2D eigenvalue weighted by molar-refractivity contribution is -0.385. The van der Waals surface area contributed by atoms with E-state index in [4.69, 9.17) is 5.73 Å². The first-order valence-corrected chi connectivity index (χ1v) is 6.15. The SMILES string of the molecule is CC(C)[C@H](O)[C@H](N)c1cc([N+](=O)[O-])cc(Br)c1O.Cl. The van der Waals surface area contributed by atoms with Crippen molar-refractivity contribution in [2.24, 2.45) is 11.7 Å². The molecular formula is C11H16BrClN2O4. The minimum atomic E-state index is -0.898. The number of aliphatic hydroxyl groups excluding tert-OH is 1. The molecule has 108 valence electrons. The van der Waals surface area contributed by atoms with Crippen LogP contribution in [-0.2, 0) is 0 Å². The maximum Gasteiger partial charge on any atom is 0.271 e. The first kappa shape index (κ1) is 18.1. The van der Waals surface area contributed by atoms with Crippen LogP contribution in [0, 0.1) is 16.0 Å². The van der Waals surface area contributed by atoms with Crippen LogP contribution >= 0.6 is 28.3 Å². The fraction of sp³-hybridized carbons (Fsp3) is 0.455. The lowest BCUT2D eigenvalue weighted by Crippen LogP contribution is -2.30. The van der Waals surface area contributed by atoms with Gasteiger partial charge >= 0.3 is 0 Å². The number of hydrogen-bond donors (Lipinski definition) is 3. The molecule has 1 aromatic carbocycles. The Morgan fingerprint density at radius 3 is 2.37 bits per heavy atom. The highest BCUT2D eigenvalue weighted by Crippen LogP contribution is 2.37. The largest absolute Gasteiger partial charge is 0.506 e. The van der Waals surface area contributed by atoms with Crippen LogP contribution in [0.25, 0.3) is 0 Å². The van der Waals surface area contributed by atoms with Crippen LogP contribution in [0.4, 0.5) is 5.69 Å². The molecular weight excluding hydrogens is 339 g/mol. The first-order chi connectivity index (χ1) is 8.25. The lowest BCUT2D eigenvalue weighted by atomic mass is 9.93. The summed E-state index contributed by atoms with van der Waals surface area (Å²) in [5, 5.41) is 30.5. The van der Waals surface area contributed by atoms with Gasteiger partial charge in [0.15, 0.2) is 0 Å². The van der Waals surface area contributed by atoms with E-state index in [-0.39, 0.29) is 39.8 Å². The normalized spacial score (nSPS) is 13.8. The van der Waals surface area contributed by atoms with Crippen molar-refractivity contribution in [3.63, 3.8) is 0 Å². The van der Waals surface area contributed by atoms with Gasteiger partial charge in [-0.25, -0.2) is 0 Å². The van der Waals surface area contributed by atoms with E-state index in [1.54, 1.807) is 13.8 Å². The zero-order valence-corrected chi connectivity index (χ0v) is 12.8. The molecule has 19 heavy (non-hydrogen) atoms. The zero-order chi connectivity index (χ0) is 14.0. The van der Waals surface area contributed by atoms with Crippen molar-refractivity contribution >= 4 is 34.0 Å². The molecule has 0 spiro atoms. The molecule has 0 radical (unpaired) electrons. The highest BCUT2D eigenvalue weighted by Gasteiger charge is 2.26. The number of phenols is 1. The summed E-state index contributed by atoms with van der Waals surface area (Å²) >= 11 is 3.03. The number of rotatable bonds is 4. The molecule has 1 rings (SSSR count). The Balaban J connectivity index is 0.00000324. The van der Waals surface area contributed by atoms with Gasteiger partial charge in [0.25, 0.3) is 5.69 Å². The van der Waals surface area contributed by atoms with Gasteiger partial charge in [0.1, 0.15) is 5.75 Å². The highest BCUT2D eigenvalue weighted by atomic mass is 79.9. The van der Waals surface area contributed by atoms with Gasteiger partial charge in [-0.3, -0.25) is 10.1 Å². The maximum absolute atomic E-state index is 10.7. The molecule has 2 atom stereocenters. The van der Waals surface area contributed by atoms with Crippen molar-refractivity contribution in [3.8, 4) is 5.75 Å². The minimum absolute atomic E-state index is 0. The molecule has 0 saturated carbocycles. The Kier molecular flexibility index (Phi) is 6.71. The predicted octanol–water partition coefficient (Wildman–Crippen LogP) is 2.50. The third-order valence-electron chi connectivity index (χ3n) is 2.70. The smallest absolute Gasteiger partial charge is 0.271 e. The molecule has 0 unspecified atom stereocenters. The van der Waals surface area contributed by atoms with Crippen LogP contribution in [0.2, 0.25) is 0 Å². The van der Waals surface area contributed by atoms with Crippen LogP contribution in [0.5, 0.6) is 5.75 Å². The summed E-state index contributed by atoms with van der Waals surface area (Å²) < 4.78 is 0.179. The Labute approximate surface area is 125 Å². The highest BCUT2D eigenvalue weighted by molar-refractivity contribution is 9.10. The third kappa shape index (κ3) is 4.04. The van der Waals surface area contributed by atoms with E-state index in [2.05, 4.69) is 15.9 Å². The molecule has 6 nitrogen and oxygen atoms in total. The van der Waals surface area contributed by atoms with E-state index in [0.29, 0.717) is 0 Å². The molecule has 0 bridgehead atoms. The number of nitro groups is 1. The van der Waals surface area contributed by atoms with Gasteiger partial charge in [-0.2, -0.15) is 0 Å². The molecule has 0 heterocycles. The Bertz CT molecular complexity index is 470. The summed E-state index contributed by atoms with van der Waals surface area (Å²) in [6, 6.07) is 1.48. The van der Waals surface area contributed by atoms with Crippen molar-refractivity contribution in [1.82, 2.24) is 0 Å². The molecule has 0 aromatic heterocycles. The van der Waals surface area contributed by atoms with E-state index in [9.17, 15) is 20.3 Å². The summed E-state index contributed by atoms with van der Waals surface area (Å²) in [6.45, 7) is 3.54. The number of hydrogen-bond acceptors (Lipinski definition) is 5. The number of halogens is 2. The Hall–Kier alpha value is -0.890. The van der Waals surface area contributed by atoms with Gasteiger partial charge in [0, 0.05) is 17.7 Å². The van der Waals surface area contributed by atoms with E-state index < -0.39 is 17.1 Å². The van der Waals surface area contributed by atoms with E-state index in [1.807, 2.05) is 0 Å². The fourth-order valence-corrected chi connectivity index (χ4v) is 2.03. The van der Waals surface area contributed by atoms with Crippen LogP contribution in [0.1, 0.15) is 25.5 Å². The average molecular weight is 356 g/mol. The minimum Gasteiger partial charge on any atom is -0.506 e. The van der Waals surface area contributed by atoms with E-state index >= 15 is 0 Å². The van der Waals surface area contributed by atoms with Gasteiger partial charge in [-0.05, 0) is 21.8 Å². The molecule has 0 saturated heterocycles. The molecule has 0 aliphatic rings. The van der Waals surface area contributed by atoms with Gasteiger partial charge < -0.3 is 15.9 Å². The van der Waals surface area contributed by atoms with Crippen molar-refractivity contribution in [1.29, 1.82) is 0 Å². The monoisotopic (exact) mass is 354 g/mol. The number of nitro benzene ring substituents is 1. The van der Waals surface area contributed by atoms with E-state index in [0.717, 1.165) is 0 Å². The molecule has 4 N–H and O–H groups in total. The second-order valence-corrected chi connectivity index (χ2v) is 5.24. The van der Waals surface area contributed by atoms with Crippen molar-refractivity contribution in [3.05, 3.63) is 32.3 Å². The number of phenolic OH excluding ortho intramolecular Hbond substituents is 1. The van der Waals surface area contributed by atoms with Gasteiger partial charge in [0.05, 0.1) is 21.5 Å². The Morgan fingerprint density at radius 1 is 1.42 bits per heavy atom. The van der Waals surface area contributed by atoms with Gasteiger partial charge in [-0.1, -0.05) is 13.8 Å². The van der Waals surface area contributed by atoms with Crippen molar-refractivity contribution in [2.75, 3.05) is 0 Å². The maximum atomic E-state index is 10.7. The summed E-state index contributed by atoms with van der Waals surface area (Å²) in [5.41, 5.74) is 5.78. The molecule has 8 heteroatoms. The summed E-state index contributed by atoms with van der Waals surface area (Å²) in [4.78, 5) is 10.2. The lowest BCUT2D eigenvalue weighted by Gasteiger charge is -2.23. The average Bonchev–Trinajstić information content (AvgIpc) is 2.30. The fourth-order valence-electron chi connectivity index (χ4n) is 1.56. The standard InChI is InChI=1S/C11H15BrN2O4.ClH/c1-5(2)10(15)9(13)7-3-6(14(17)18)4-8(12)11(7)16;/h3-5,9-10,15-16H,13H2,1-2H3;1H/t9-,10+;/m1./s1. The van der Waals surface area contributed by atoms with Crippen LogP contribution in [-0.4, -0.2) is 21.2 Å². The van der Waals surface area contributed by atoms with Crippen molar-refractivity contribution < 1.29 is 15.1 Å². The van der Waals surface area contributed by atoms with Gasteiger partial charge in [-0.15, -0.1) is 12.4 Å². The van der Waals surface area contributed by atoms with Gasteiger partial charge in [0.2, 0.25) is 0 Å². The first-order valence-electron chi connectivity index (χ1n) is 5.36. The second kappa shape index (κ2) is 7.04. The number of benzene rings is 1. The van der Waals surface area contributed by atoms with Crippen molar-refractivity contribution in [2.45, 2.75) is 26.0 Å². The topological polar surface area (TPSA) is 110 Å². The number of aliphatic hydroxyl groups is 1. The summed E-state index contributed by atoms with van der Waals surface area (Å²) in [7, 11) is 0. The zero-order valence-electron chi connectivity index (χ0n) is 10.4. The molecule has 1 aromatic rings. The van der Waals surface area contributed by atoms with Crippen LogP contribution in [0.3, 0.4) is 0 Å². The molecule has 0 fully saturated rings. The third-order valence-corrected chi connectivity index (χ3v) is 3.30. The molecule has 0 aliphatic carbocycles.